The number of hydrogen-bond acceptors (Lipinski definition) is 2. The van der Waals surface area contributed by atoms with Crippen molar-refractivity contribution in [3.05, 3.63) is 0 Å². The Kier molecular flexibility index (Phi) is 7.79. The lowest BCUT2D eigenvalue weighted by Gasteiger charge is -2.10. The molecule has 0 aliphatic rings. The van der Waals surface area contributed by atoms with Gasteiger partial charge in [0.1, 0.15) is 0 Å². The Labute approximate surface area is 74.9 Å². The summed E-state index contributed by atoms with van der Waals surface area (Å²) in [7, 11) is 0. The second-order valence-corrected chi connectivity index (χ2v) is 2.99. The fraction of sp³-hybridized carbons (Fsp3) is 0.857. The van der Waals surface area contributed by atoms with Crippen molar-refractivity contribution in [3.8, 4) is 0 Å². The first-order valence-corrected chi connectivity index (χ1v) is 3.49. The Morgan fingerprint density at radius 3 is 2.36 bits per heavy atom. The molecule has 0 fully saturated rings. The summed E-state index contributed by atoms with van der Waals surface area (Å²) in [5.74, 6) is -0.331. The Morgan fingerprint density at radius 1 is 1.64 bits per heavy atom. The Bertz CT molecular complexity index is 122. The third kappa shape index (κ3) is 9.72. The van der Waals surface area contributed by atoms with Gasteiger partial charge in [-0.1, -0.05) is 13.8 Å². The minimum atomic E-state index is -0.812. The van der Waals surface area contributed by atoms with Gasteiger partial charge in [-0.3, -0.25) is 4.79 Å². The topological polar surface area (TPSA) is 63.3 Å². The minimum Gasteiger partial charge on any atom is -1.00 e. The number of carboxylic acids is 1. The third-order valence-corrected chi connectivity index (χ3v) is 1.21. The standard InChI is InChI=1S/C7H15NO2.ClH/c1-5(2)3-6(8)4-7(9)10;/h5-6H,3-4,8H2,1-2H3,(H,9,10);1H/t6-;/m0./s1. The van der Waals surface area contributed by atoms with Crippen molar-refractivity contribution >= 4 is 5.97 Å². The quantitative estimate of drug-likeness (QED) is 0.525. The van der Waals surface area contributed by atoms with Crippen LogP contribution in [0.4, 0.5) is 0 Å². The largest absolute Gasteiger partial charge is 1.00 e. The van der Waals surface area contributed by atoms with Gasteiger partial charge in [0.15, 0.2) is 0 Å². The number of nitrogens with two attached hydrogens (primary N) is 1. The van der Waals surface area contributed by atoms with Crippen LogP contribution < -0.4 is 18.1 Å². The van der Waals surface area contributed by atoms with Crippen molar-refractivity contribution in [3.63, 3.8) is 0 Å². The van der Waals surface area contributed by atoms with Crippen LogP contribution in [0.5, 0.6) is 0 Å². The molecule has 4 heteroatoms. The van der Waals surface area contributed by atoms with Gasteiger partial charge in [0.05, 0.1) is 6.42 Å². The lowest BCUT2D eigenvalue weighted by molar-refractivity contribution is -0.137. The molecule has 0 aromatic heterocycles. The number of carbonyl (C=O) groups is 1. The maximum absolute atomic E-state index is 10.1. The predicted octanol–water partition coefficient (Wildman–Crippen LogP) is -2.05. The van der Waals surface area contributed by atoms with Gasteiger partial charge in [0.2, 0.25) is 0 Å². The SMILES string of the molecule is CC(C)C[C@H](N)CC(=O)O.[Cl-].[H+]. The van der Waals surface area contributed by atoms with E-state index in [1.165, 1.54) is 0 Å². The van der Waals surface area contributed by atoms with Gasteiger partial charge in [0.25, 0.3) is 0 Å². The number of aliphatic carboxylic acids is 1. The summed E-state index contributed by atoms with van der Waals surface area (Å²) in [4.78, 5) is 10.1. The lowest BCUT2D eigenvalue weighted by Crippen LogP contribution is -3.00. The van der Waals surface area contributed by atoms with Crippen LogP contribution in [0.1, 0.15) is 28.1 Å². The average Bonchev–Trinajstić information content (AvgIpc) is 1.58. The van der Waals surface area contributed by atoms with Gasteiger partial charge < -0.3 is 23.2 Å². The lowest BCUT2D eigenvalue weighted by atomic mass is 10.0. The van der Waals surface area contributed by atoms with Crippen LogP contribution in [0.3, 0.4) is 0 Å². The molecule has 11 heavy (non-hydrogen) atoms. The van der Waals surface area contributed by atoms with Crippen molar-refractivity contribution in [2.24, 2.45) is 11.7 Å². The molecule has 0 aliphatic heterocycles. The smallest absolute Gasteiger partial charge is 1.00 e. The van der Waals surface area contributed by atoms with Crippen LogP contribution in [0.2, 0.25) is 0 Å². The van der Waals surface area contributed by atoms with Gasteiger partial charge in [-0.15, -0.1) is 0 Å². The van der Waals surface area contributed by atoms with Gasteiger partial charge in [-0.25, -0.2) is 0 Å². The minimum absolute atomic E-state index is 0. The Balaban J connectivity index is -0.000000405. The van der Waals surface area contributed by atoms with E-state index in [1.54, 1.807) is 0 Å². The summed E-state index contributed by atoms with van der Waals surface area (Å²) in [6, 6.07) is -0.183. The second-order valence-electron chi connectivity index (χ2n) is 2.99. The van der Waals surface area contributed by atoms with Crippen LogP contribution >= 0.6 is 0 Å². The van der Waals surface area contributed by atoms with Crippen molar-refractivity contribution in [2.75, 3.05) is 0 Å². The molecule has 0 aliphatic carbocycles. The normalized spacial score (nSPS) is 12.4. The van der Waals surface area contributed by atoms with E-state index in [9.17, 15) is 4.79 Å². The molecular weight excluding hydrogens is 166 g/mol. The number of hydrogen-bond donors (Lipinski definition) is 2. The Hall–Kier alpha value is -0.280. The van der Waals surface area contributed by atoms with Gasteiger partial charge in [0, 0.05) is 6.04 Å². The van der Waals surface area contributed by atoms with Crippen LogP contribution in [-0.2, 0) is 4.79 Å². The zero-order valence-corrected chi connectivity index (χ0v) is 7.64. The number of halogens is 1. The van der Waals surface area contributed by atoms with Crippen molar-refractivity contribution in [1.82, 2.24) is 0 Å². The zero-order valence-electron chi connectivity index (χ0n) is 7.88. The predicted molar refractivity (Wildman–Crippen MR) is 40.8 cm³/mol. The maximum atomic E-state index is 10.1. The Morgan fingerprint density at radius 2 is 2.09 bits per heavy atom. The summed E-state index contributed by atoms with van der Waals surface area (Å²) >= 11 is 0. The highest BCUT2D eigenvalue weighted by molar-refractivity contribution is 5.67. The highest BCUT2D eigenvalue weighted by Crippen LogP contribution is 2.04. The average molecular weight is 182 g/mol. The molecular formula is C7H16ClNO2. The molecule has 0 heterocycles. The van der Waals surface area contributed by atoms with E-state index in [0.717, 1.165) is 6.42 Å². The molecule has 0 spiro atoms. The van der Waals surface area contributed by atoms with E-state index in [0.29, 0.717) is 5.92 Å². The summed E-state index contributed by atoms with van der Waals surface area (Å²) < 4.78 is 0. The van der Waals surface area contributed by atoms with Crippen molar-refractivity contribution < 1.29 is 23.7 Å². The third-order valence-electron chi connectivity index (χ3n) is 1.21. The van der Waals surface area contributed by atoms with Crippen molar-refractivity contribution in [2.45, 2.75) is 32.7 Å². The van der Waals surface area contributed by atoms with Gasteiger partial charge in [-0.2, -0.15) is 0 Å². The maximum Gasteiger partial charge on any atom is 1.00 e. The summed E-state index contributed by atoms with van der Waals surface area (Å²) in [5, 5.41) is 8.32. The van der Waals surface area contributed by atoms with E-state index < -0.39 is 5.97 Å². The molecule has 0 aromatic carbocycles. The second kappa shape index (κ2) is 6.43. The molecule has 0 rings (SSSR count). The van der Waals surface area contributed by atoms with E-state index in [2.05, 4.69) is 0 Å². The highest BCUT2D eigenvalue weighted by Gasteiger charge is 2.08. The first-order valence-electron chi connectivity index (χ1n) is 3.49. The molecule has 0 bridgehead atoms. The van der Waals surface area contributed by atoms with E-state index in [-0.39, 0.29) is 26.3 Å². The molecule has 68 valence electrons. The van der Waals surface area contributed by atoms with Crippen molar-refractivity contribution in [1.29, 1.82) is 0 Å². The van der Waals surface area contributed by atoms with Crippen LogP contribution in [-0.4, -0.2) is 17.1 Å². The van der Waals surface area contributed by atoms with Gasteiger partial charge >= 0.3 is 7.40 Å². The fourth-order valence-electron chi connectivity index (χ4n) is 0.913. The molecule has 0 amide bonds. The monoisotopic (exact) mass is 181 g/mol. The van der Waals surface area contributed by atoms with E-state index in [4.69, 9.17) is 10.8 Å². The highest BCUT2D eigenvalue weighted by atomic mass is 35.5. The van der Waals surface area contributed by atoms with Gasteiger partial charge in [-0.05, 0) is 12.3 Å². The van der Waals surface area contributed by atoms with E-state index >= 15 is 0 Å². The molecule has 0 saturated heterocycles. The molecule has 0 unspecified atom stereocenters. The number of rotatable bonds is 4. The van der Waals surface area contributed by atoms with Crippen LogP contribution in [0, 0.1) is 5.92 Å². The fourth-order valence-corrected chi connectivity index (χ4v) is 0.913. The molecule has 0 saturated carbocycles. The molecule has 3 N–H and O–H groups in total. The molecule has 1 atom stereocenters. The first-order chi connectivity index (χ1) is 4.52. The molecule has 0 aromatic rings. The zero-order chi connectivity index (χ0) is 8.15. The van der Waals surface area contributed by atoms with E-state index in [1.807, 2.05) is 13.8 Å². The first kappa shape index (κ1) is 13.3. The summed E-state index contributed by atoms with van der Waals surface area (Å²) in [6.45, 7) is 4.06. The summed E-state index contributed by atoms with van der Waals surface area (Å²) in [5.41, 5.74) is 5.49. The molecule has 3 nitrogen and oxygen atoms in total. The van der Waals surface area contributed by atoms with Crippen LogP contribution in [0.25, 0.3) is 0 Å². The van der Waals surface area contributed by atoms with Crippen LogP contribution in [0.15, 0.2) is 0 Å². The summed E-state index contributed by atoms with van der Waals surface area (Å²) in [6.07, 6.45) is 0.866. The molecule has 0 radical (unpaired) electrons. The number of carboxylic acid groups (broad SMARTS) is 1.